The summed E-state index contributed by atoms with van der Waals surface area (Å²) in [5, 5.41) is 0. The molecule has 106 valence electrons. The highest BCUT2D eigenvalue weighted by atomic mass is 19.1. The zero-order chi connectivity index (χ0) is 14.6. The Morgan fingerprint density at radius 3 is 2.26 bits per heavy atom. The number of methoxy groups -OCH3 is 2. The van der Waals surface area contributed by atoms with E-state index in [-0.39, 0.29) is 18.7 Å². The lowest BCUT2D eigenvalue weighted by Crippen LogP contribution is -2.14. The molecular formula is C14H20FNO3. The first-order chi connectivity index (χ1) is 8.85. The number of ether oxygens (including phenoxy) is 2. The molecule has 5 heteroatoms. The van der Waals surface area contributed by atoms with Gasteiger partial charge in [-0.25, -0.2) is 4.39 Å². The van der Waals surface area contributed by atoms with E-state index in [2.05, 4.69) is 0 Å². The molecule has 0 unspecified atom stereocenters. The summed E-state index contributed by atoms with van der Waals surface area (Å²) < 4.78 is 24.5. The number of halogens is 1. The van der Waals surface area contributed by atoms with E-state index in [4.69, 9.17) is 15.2 Å². The quantitative estimate of drug-likeness (QED) is 0.806. The second-order valence-electron chi connectivity index (χ2n) is 4.69. The first-order valence-electron chi connectivity index (χ1n) is 6.03. The van der Waals surface area contributed by atoms with Gasteiger partial charge in [0.05, 0.1) is 19.8 Å². The van der Waals surface area contributed by atoms with Crippen molar-refractivity contribution in [1.82, 2.24) is 0 Å². The van der Waals surface area contributed by atoms with Crippen molar-refractivity contribution in [3.63, 3.8) is 0 Å². The minimum Gasteiger partial charge on any atom is -0.496 e. The van der Waals surface area contributed by atoms with Crippen molar-refractivity contribution in [3.8, 4) is 11.5 Å². The van der Waals surface area contributed by atoms with E-state index >= 15 is 0 Å². The highest BCUT2D eigenvalue weighted by Gasteiger charge is 2.26. The maximum Gasteiger partial charge on any atom is 0.167 e. The van der Waals surface area contributed by atoms with Crippen LogP contribution in [0.2, 0.25) is 0 Å². The van der Waals surface area contributed by atoms with Crippen LogP contribution < -0.4 is 15.2 Å². The fraction of sp³-hybridized carbons (Fsp3) is 0.500. The number of benzene rings is 1. The monoisotopic (exact) mass is 269 g/mol. The summed E-state index contributed by atoms with van der Waals surface area (Å²) >= 11 is 0. The van der Waals surface area contributed by atoms with Crippen molar-refractivity contribution in [2.24, 2.45) is 5.73 Å². The highest BCUT2D eigenvalue weighted by Crippen LogP contribution is 2.38. The summed E-state index contributed by atoms with van der Waals surface area (Å²) in [5.41, 5.74) is 4.49. The van der Waals surface area contributed by atoms with Gasteiger partial charge in [-0.3, -0.25) is 4.79 Å². The SMILES string of the molecule is COc1cc(C(C)(C)F)c(OC)cc1C(=O)CCN. The van der Waals surface area contributed by atoms with Gasteiger partial charge in [0.15, 0.2) is 5.78 Å². The summed E-state index contributed by atoms with van der Waals surface area (Å²) in [6, 6.07) is 3.01. The second-order valence-corrected chi connectivity index (χ2v) is 4.69. The molecule has 0 aromatic heterocycles. The maximum absolute atomic E-state index is 14.1. The van der Waals surface area contributed by atoms with Crippen LogP contribution in [0.15, 0.2) is 12.1 Å². The number of alkyl halides is 1. The molecule has 0 amide bonds. The summed E-state index contributed by atoms with van der Waals surface area (Å²) in [4.78, 5) is 11.9. The molecule has 1 aromatic rings. The van der Waals surface area contributed by atoms with Gasteiger partial charge in [-0.15, -0.1) is 0 Å². The number of rotatable bonds is 6. The van der Waals surface area contributed by atoms with Gasteiger partial charge in [0, 0.05) is 12.0 Å². The van der Waals surface area contributed by atoms with Crippen molar-refractivity contribution in [3.05, 3.63) is 23.3 Å². The smallest absolute Gasteiger partial charge is 0.167 e. The summed E-state index contributed by atoms with van der Waals surface area (Å²) in [7, 11) is 2.88. The van der Waals surface area contributed by atoms with E-state index in [1.165, 1.54) is 40.2 Å². The van der Waals surface area contributed by atoms with E-state index in [1.807, 2.05) is 0 Å². The van der Waals surface area contributed by atoms with E-state index < -0.39 is 5.67 Å². The van der Waals surface area contributed by atoms with Gasteiger partial charge in [0.2, 0.25) is 0 Å². The number of carbonyl (C=O) groups excluding carboxylic acids is 1. The molecule has 0 aliphatic rings. The second kappa shape index (κ2) is 6.02. The third-order valence-electron chi connectivity index (χ3n) is 2.83. The molecule has 2 N–H and O–H groups in total. The van der Waals surface area contributed by atoms with Gasteiger partial charge in [0.1, 0.15) is 17.2 Å². The normalized spacial score (nSPS) is 11.3. The molecular weight excluding hydrogens is 249 g/mol. The molecule has 0 radical (unpaired) electrons. The lowest BCUT2D eigenvalue weighted by atomic mass is 9.95. The molecule has 0 aliphatic carbocycles. The van der Waals surface area contributed by atoms with Crippen molar-refractivity contribution in [2.75, 3.05) is 20.8 Å². The van der Waals surface area contributed by atoms with Crippen LogP contribution in [0.4, 0.5) is 4.39 Å². The third-order valence-corrected chi connectivity index (χ3v) is 2.83. The minimum absolute atomic E-state index is 0.152. The van der Waals surface area contributed by atoms with Crippen LogP contribution in [0.3, 0.4) is 0 Å². The Morgan fingerprint density at radius 1 is 1.26 bits per heavy atom. The molecule has 0 saturated heterocycles. The fourth-order valence-corrected chi connectivity index (χ4v) is 1.85. The lowest BCUT2D eigenvalue weighted by molar-refractivity contribution is 0.0981. The molecule has 0 aliphatic heterocycles. The van der Waals surface area contributed by atoms with Crippen LogP contribution in [0.5, 0.6) is 11.5 Å². The maximum atomic E-state index is 14.1. The zero-order valence-corrected chi connectivity index (χ0v) is 11.7. The Bertz CT molecular complexity index is 466. The summed E-state index contributed by atoms with van der Waals surface area (Å²) in [6.45, 7) is 3.10. The minimum atomic E-state index is -1.59. The predicted octanol–water partition coefficient (Wildman–Crippen LogP) is 2.44. The molecule has 0 atom stereocenters. The van der Waals surface area contributed by atoms with Gasteiger partial charge in [-0.05, 0) is 32.5 Å². The Hall–Kier alpha value is -1.62. The number of ketones is 1. The van der Waals surface area contributed by atoms with E-state index in [1.54, 1.807) is 0 Å². The van der Waals surface area contributed by atoms with Crippen LogP contribution in [0.25, 0.3) is 0 Å². The number of hydrogen-bond acceptors (Lipinski definition) is 4. The Morgan fingerprint density at radius 2 is 1.84 bits per heavy atom. The Kier molecular flexibility index (Phi) is 4.89. The van der Waals surface area contributed by atoms with Gasteiger partial charge in [-0.1, -0.05) is 0 Å². The first-order valence-corrected chi connectivity index (χ1v) is 6.03. The Balaban J connectivity index is 3.39. The van der Waals surface area contributed by atoms with Crippen LogP contribution in [-0.2, 0) is 5.67 Å². The fourth-order valence-electron chi connectivity index (χ4n) is 1.85. The third kappa shape index (κ3) is 3.44. The topological polar surface area (TPSA) is 61.5 Å². The molecule has 0 spiro atoms. The van der Waals surface area contributed by atoms with Crippen LogP contribution in [0, 0.1) is 0 Å². The molecule has 0 bridgehead atoms. The number of nitrogens with two attached hydrogens (primary N) is 1. The average molecular weight is 269 g/mol. The van der Waals surface area contributed by atoms with Gasteiger partial charge < -0.3 is 15.2 Å². The van der Waals surface area contributed by atoms with Crippen LogP contribution in [0.1, 0.15) is 36.2 Å². The zero-order valence-electron chi connectivity index (χ0n) is 11.7. The summed E-state index contributed by atoms with van der Waals surface area (Å²) in [5.74, 6) is 0.509. The lowest BCUT2D eigenvalue weighted by Gasteiger charge is -2.20. The van der Waals surface area contributed by atoms with E-state index in [0.717, 1.165) is 0 Å². The largest absolute Gasteiger partial charge is 0.496 e. The van der Waals surface area contributed by atoms with Gasteiger partial charge >= 0.3 is 0 Å². The first kappa shape index (κ1) is 15.4. The van der Waals surface area contributed by atoms with Gasteiger partial charge in [-0.2, -0.15) is 0 Å². The summed E-state index contributed by atoms with van der Waals surface area (Å²) in [6.07, 6.45) is 0.206. The number of Topliss-reactive ketones (excluding diaryl/α,β-unsaturated/α-hetero) is 1. The number of hydrogen-bond donors (Lipinski definition) is 1. The molecule has 0 saturated carbocycles. The molecule has 1 rings (SSSR count). The van der Waals surface area contributed by atoms with Crippen molar-refractivity contribution in [1.29, 1.82) is 0 Å². The number of carbonyl (C=O) groups is 1. The van der Waals surface area contributed by atoms with E-state index in [0.29, 0.717) is 22.6 Å². The average Bonchev–Trinajstić information content (AvgIpc) is 2.36. The molecule has 19 heavy (non-hydrogen) atoms. The molecule has 1 aromatic carbocycles. The van der Waals surface area contributed by atoms with Crippen LogP contribution in [-0.4, -0.2) is 26.5 Å². The highest BCUT2D eigenvalue weighted by molar-refractivity contribution is 5.99. The molecule has 0 heterocycles. The standard InChI is InChI=1S/C14H20FNO3/c1-14(2,15)10-8-12(18-3)9(7-13(10)19-4)11(17)5-6-16/h7-8H,5-6,16H2,1-4H3. The molecule has 0 fully saturated rings. The van der Waals surface area contributed by atoms with Crippen molar-refractivity contribution in [2.45, 2.75) is 25.9 Å². The van der Waals surface area contributed by atoms with Crippen LogP contribution >= 0.6 is 0 Å². The van der Waals surface area contributed by atoms with Crippen molar-refractivity contribution >= 4 is 5.78 Å². The van der Waals surface area contributed by atoms with E-state index in [9.17, 15) is 9.18 Å². The molecule has 4 nitrogen and oxygen atoms in total. The predicted molar refractivity (Wildman–Crippen MR) is 71.7 cm³/mol. The van der Waals surface area contributed by atoms with Gasteiger partial charge in [0.25, 0.3) is 0 Å². The van der Waals surface area contributed by atoms with Crippen molar-refractivity contribution < 1.29 is 18.7 Å². The Labute approximate surface area is 112 Å².